The van der Waals surface area contributed by atoms with E-state index in [2.05, 4.69) is 31.1 Å². The van der Waals surface area contributed by atoms with Crippen LogP contribution in [0.2, 0.25) is 0 Å². The number of aryl methyl sites for hydroxylation is 2. The molecule has 3 aromatic heterocycles. The maximum atomic E-state index is 13.6. The third-order valence-corrected chi connectivity index (χ3v) is 5.33. The monoisotopic (exact) mass is 476 g/mol. The Morgan fingerprint density at radius 1 is 1.17 bits per heavy atom. The van der Waals surface area contributed by atoms with Gasteiger partial charge in [-0.3, -0.25) is 9.67 Å². The fourth-order valence-corrected chi connectivity index (χ4v) is 3.66. The van der Waals surface area contributed by atoms with E-state index in [1.807, 2.05) is 6.92 Å². The number of pyridine rings is 1. The minimum Gasteiger partial charge on any atom is -0.469 e. The third kappa shape index (κ3) is 4.91. The number of nitrogens with zero attached hydrogens (tertiary/aromatic N) is 7. The van der Waals surface area contributed by atoms with Crippen LogP contribution >= 0.6 is 0 Å². The van der Waals surface area contributed by atoms with Crippen molar-refractivity contribution in [3.05, 3.63) is 65.0 Å². The van der Waals surface area contributed by atoms with E-state index in [-0.39, 0.29) is 24.1 Å². The van der Waals surface area contributed by atoms with Gasteiger partial charge in [0.25, 0.3) is 6.43 Å². The van der Waals surface area contributed by atoms with Gasteiger partial charge in [0.1, 0.15) is 12.0 Å². The maximum absolute atomic E-state index is 13.6. The Bertz CT molecular complexity index is 1430. The molecule has 0 bridgehead atoms. The molecule has 0 saturated heterocycles. The summed E-state index contributed by atoms with van der Waals surface area (Å²) in [5.74, 6) is 0.415. The molecule has 0 fully saturated rings. The first-order chi connectivity index (χ1) is 16.8. The molecule has 1 aromatic carbocycles. The Kier molecular flexibility index (Phi) is 6.64. The minimum absolute atomic E-state index is 0.0289. The van der Waals surface area contributed by atoms with Crippen LogP contribution in [0.1, 0.15) is 41.7 Å². The van der Waals surface area contributed by atoms with E-state index in [9.17, 15) is 14.0 Å². The quantitative estimate of drug-likeness (QED) is 0.415. The van der Waals surface area contributed by atoms with Gasteiger partial charge in [0, 0.05) is 17.8 Å². The SMILES string of the molecule is CCn1cnc(COc2nc(N)nc(-c3cccc(C#N)c3C)c2-c2cc(C)nc(C(F)F)c2)n1. The zero-order valence-corrected chi connectivity index (χ0v) is 19.3. The Hall–Kier alpha value is -4.46. The molecule has 4 rings (SSSR count). The smallest absolute Gasteiger partial charge is 0.280 e. The van der Waals surface area contributed by atoms with Crippen molar-refractivity contribution in [2.75, 3.05) is 5.73 Å². The highest BCUT2D eigenvalue weighted by atomic mass is 19.3. The fourth-order valence-electron chi connectivity index (χ4n) is 3.66. The summed E-state index contributed by atoms with van der Waals surface area (Å²) >= 11 is 0. The van der Waals surface area contributed by atoms with Crippen molar-refractivity contribution in [2.24, 2.45) is 0 Å². The third-order valence-electron chi connectivity index (χ3n) is 5.33. The Morgan fingerprint density at radius 2 is 1.97 bits per heavy atom. The summed E-state index contributed by atoms with van der Waals surface area (Å²) < 4.78 is 34.8. The fraction of sp³-hybridized carbons (Fsp3) is 0.250. The number of anilines is 1. The van der Waals surface area contributed by atoms with E-state index >= 15 is 0 Å². The predicted molar refractivity (Wildman–Crippen MR) is 124 cm³/mol. The summed E-state index contributed by atoms with van der Waals surface area (Å²) in [6.07, 6.45) is -1.20. The highest BCUT2D eigenvalue weighted by Crippen LogP contribution is 2.40. The lowest BCUT2D eigenvalue weighted by Gasteiger charge is -2.17. The van der Waals surface area contributed by atoms with Crippen molar-refractivity contribution in [1.29, 1.82) is 5.26 Å². The number of hydrogen-bond donors (Lipinski definition) is 1. The van der Waals surface area contributed by atoms with Gasteiger partial charge in [0.15, 0.2) is 12.4 Å². The summed E-state index contributed by atoms with van der Waals surface area (Å²) in [4.78, 5) is 16.8. The van der Waals surface area contributed by atoms with E-state index < -0.39 is 6.43 Å². The zero-order chi connectivity index (χ0) is 25.1. The van der Waals surface area contributed by atoms with Crippen LogP contribution in [0, 0.1) is 25.2 Å². The van der Waals surface area contributed by atoms with Crippen LogP contribution in [0.3, 0.4) is 0 Å². The molecule has 2 N–H and O–H groups in total. The van der Waals surface area contributed by atoms with Crippen molar-refractivity contribution < 1.29 is 13.5 Å². The number of nitriles is 1. The van der Waals surface area contributed by atoms with E-state index in [4.69, 9.17) is 10.5 Å². The molecule has 0 aliphatic carbocycles. The van der Waals surface area contributed by atoms with Gasteiger partial charge in [-0.05, 0) is 50.1 Å². The Morgan fingerprint density at radius 3 is 2.66 bits per heavy atom. The van der Waals surface area contributed by atoms with Gasteiger partial charge < -0.3 is 10.5 Å². The predicted octanol–water partition coefficient (Wildman–Crippen LogP) is 4.40. The van der Waals surface area contributed by atoms with Crippen LogP contribution < -0.4 is 10.5 Å². The van der Waals surface area contributed by atoms with E-state index in [0.29, 0.717) is 51.6 Å². The van der Waals surface area contributed by atoms with Gasteiger partial charge in [0.2, 0.25) is 11.8 Å². The standard InChI is InChI=1S/C24H22F2N8O/c1-4-34-12-29-19(33-34)11-35-23-20(16-8-13(2)30-18(9-16)22(25)26)21(31-24(28)32-23)17-7-5-6-15(10-27)14(17)3/h5-9,12,22H,4,11H2,1-3H3,(H2,28,31,32). The molecule has 9 nitrogen and oxygen atoms in total. The van der Waals surface area contributed by atoms with Crippen LogP contribution in [0.25, 0.3) is 22.4 Å². The lowest BCUT2D eigenvalue weighted by Crippen LogP contribution is -2.08. The second-order valence-corrected chi connectivity index (χ2v) is 7.73. The van der Waals surface area contributed by atoms with E-state index in [0.717, 1.165) is 0 Å². The summed E-state index contributed by atoms with van der Waals surface area (Å²) in [6, 6.07) is 10.2. The normalized spacial score (nSPS) is 11.0. The van der Waals surface area contributed by atoms with Gasteiger partial charge in [-0.25, -0.2) is 18.7 Å². The van der Waals surface area contributed by atoms with Crippen LogP contribution in [-0.4, -0.2) is 29.7 Å². The highest BCUT2D eigenvalue weighted by molar-refractivity contribution is 5.86. The molecule has 0 aliphatic rings. The van der Waals surface area contributed by atoms with Gasteiger partial charge >= 0.3 is 0 Å². The number of hydrogen-bond acceptors (Lipinski definition) is 8. The first kappa shape index (κ1) is 23.7. The van der Waals surface area contributed by atoms with Crippen molar-refractivity contribution in [3.8, 4) is 34.3 Å². The van der Waals surface area contributed by atoms with Crippen molar-refractivity contribution in [3.63, 3.8) is 0 Å². The molecular weight excluding hydrogens is 454 g/mol. The molecule has 0 atom stereocenters. The van der Waals surface area contributed by atoms with Crippen molar-refractivity contribution in [2.45, 2.75) is 40.3 Å². The van der Waals surface area contributed by atoms with Crippen LogP contribution in [0.15, 0.2) is 36.7 Å². The molecule has 4 aromatic rings. The van der Waals surface area contributed by atoms with Gasteiger partial charge in [-0.1, -0.05) is 12.1 Å². The number of nitrogens with two attached hydrogens (primary N) is 1. The second-order valence-electron chi connectivity index (χ2n) is 7.73. The van der Waals surface area contributed by atoms with E-state index in [1.165, 1.54) is 6.07 Å². The molecule has 3 heterocycles. The average Bonchev–Trinajstić information content (AvgIpc) is 3.30. The topological polar surface area (TPSA) is 128 Å². The molecule has 0 amide bonds. The molecule has 178 valence electrons. The molecule has 0 saturated carbocycles. The first-order valence-electron chi connectivity index (χ1n) is 10.8. The molecule has 0 aliphatic heterocycles. The molecular formula is C24H22F2N8O. The Labute approximate surface area is 200 Å². The van der Waals surface area contributed by atoms with Gasteiger partial charge in [0.05, 0.1) is 22.9 Å². The molecule has 35 heavy (non-hydrogen) atoms. The number of alkyl halides is 2. The van der Waals surface area contributed by atoms with Crippen molar-refractivity contribution in [1.82, 2.24) is 29.7 Å². The zero-order valence-electron chi connectivity index (χ0n) is 19.3. The lowest BCUT2D eigenvalue weighted by molar-refractivity contribution is 0.146. The number of halogens is 2. The van der Waals surface area contributed by atoms with E-state index in [1.54, 1.807) is 49.1 Å². The lowest BCUT2D eigenvalue weighted by atomic mass is 9.94. The minimum atomic E-state index is -2.78. The van der Waals surface area contributed by atoms with Crippen molar-refractivity contribution >= 4 is 5.95 Å². The van der Waals surface area contributed by atoms with Crippen LogP contribution in [0.4, 0.5) is 14.7 Å². The molecule has 0 radical (unpaired) electrons. The molecule has 0 spiro atoms. The largest absolute Gasteiger partial charge is 0.469 e. The molecule has 11 heteroatoms. The summed E-state index contributed by atoms with van der Waals surface area (Å²) in [5.41, 5.74) is 8.80. The number of nitrogen functional groups attached to an aromatic ring is 1. The van der Waals surface area contributed by atoms with Crippen LogP contribution in [-0.2, 0) is 13.2 Å². The number of aromatic nitrogens is 6. The Balaban J connectivity index is 1.94. The summed E-state index contributed by atoms with van der Waals surface area (Å²) in [7, 11) is 0. The molecule has 0 unspecified atom stereocenters. The summed E-state index contributed by atoms with van der Waals surface area (Å²) in [5, 5.41) is 13.8. The average molecular weight is 476 g/mol. The maximum Gasteiger partial charge on any atom is 0.280 e. The summed E-state index contributed by atoms with van der Waals surface area (Å²) in [6.45, 7) is 5.94. The highest BCUT2D eigenvalue weighted by Gasteiger charge is 2.23. The second kappa shape index (κ2) is 9.80. The van der Waals surface area contributed by atoms with Gasteiger partial charge in [-0.15, -0.1) is 0 Å². The van der Waals surface area contributed by atoms with Gasteiger partial charge in [-0.2, -0.15) is 15.3 Å². The van der Waals surface area contributed by atoms with Crippen LogP contribution in [0.5, 0.6) is 5.88 Å². The number of rotatable bonds is 7. The number of benzene rings is 1. The number of ether oxygens (including phenoxy) is 1. The first-order valence-corrected chi connectivity index (χ1v) is 10.8.